The van der Waals surface area contributed by atoms with Crippen molar-refractivity contribution in [3.63, 3.8) is 0 Å². The highest BCUT2D eigenvalue weighted by molar-refractivity contribution is 7.22. The summed E-state index contributed by atoms with van der Waals surface area (Å²) in [7, 11) is 0. The van der Waals surface area contributed by atoms with Gasteiger partial charge in [-0.1, -0.05) is 29.0 Å². The zero-order valence-corrected chi connectivity index (χ0v) is 13.1. The second-order valence-electron chi connectivity index (χ2n) is 5.80. The minimum absolute atomic E-state index is 0.0908. The van der Waals surface area contributed by atoms with E-state index in [9.17, 15) is 4.79 Å². The maximum absolute atomic E-state index is 12.1. The van der Waals surface area contributed by atoms with Crippen molar-refractivity contribution in [2.75, 3.05) is 18.0 Å². The van der Waals surface area contributed by atoms with Crippen LogP contribution in [0, 0.1) is 5.92 Å². The van der Waals surface area contributed by atoms with Crippen LogP contribution in [0.3, 0.4) is 0 Å². The molecule has 1 atom stereocenters. The predicted octanol–water partition coefficient (Wildman–Crippen LogP) is 3.05. The van der Waals surface area contributed by atoms with Crippen LogP contribution in [0.4, 0.5) is 5.13 Å². The number of carbonyl (C=O) groups is 1. The average Bonchev–Trinajstić information content (AvgIpc) is 3.00. The van der Waals surface area contributed by atoms with E-state index in [4.69, 9.17) is 11.6 Å². The molecule has 1 saturated carbocycles. The molecule has 21 heavy (non-hydrogen) atoms. The van der Waals surface area contributed by atoms with E-state index in [0.29, 0.717) is 11.1 Å². The van der Waals surface area contributed by atoms with Crippen molar-refractivity contribution in [3.8, 4) is 0 Å². The predicted molar refractivity (Wildman–Crippen MR) is 86.1 cm³/mol. The van der Waals surface area contributed by atoms with Gasteiger partial charge in [0, 0.05) is 19.1 Å². The number of carbonyl (C=O) groups excluding carboxylic acids is 1. The zero-order chi connectivity index (χ0) is 14.4. The summed E-state index contributed by atoms with van der Waals surface area (Å²) >= 11 is 7.83. The van der Waals surface area contributed by atoms with Gasteiger partial charge in [-0.25, -0.2) is 4.98 Å². The summed E-state index contributed by atoms with van der Waals surface area (Å²) in [5, 5.41) is 4.76. The number of halogens is 1. The van der Waals surface area contributed by atoms with Gasteiger partial charge in [-0.15, -0.1) is 0 Å². The fourth-order valence-corrected chi connectivity index (χ4v) is 4.03. The lowest BCUT2D eigenvalue weighted by atomic mass is 10.1. The average molecular weight is 322 g/mol. The first kappa shape index (κ1) is 13.3. The summed E-state index contributed by atoms with van der Waals surface area (Å²) < 4.78 is 1.10. The molecule has 1 unspecified atom stereocenters. The van der Waals surface area contributed by atoms with Crippen molar-refractivity contribution in [1.82, 2.24) is 10.3 Å². The van der Waals surface area contributed by atoms with E-state index in [1.807, 2.05) is 18.2 Å². The number of para-hydroxylation sites is 1. The van der Waals surface area contributed by atoms with Crippen molar-refractivity contribution in [2.24, 2.45) is 5.92 Å². The zero-order valence-electron chi connectivity index (χ0n) is 11.5. The number of thiazole rings is 1. The van der Waals surface area contributed by atoms with Crippen LogP contribution in [0.25, 0.3) is 10.2 Å². The van der Waals surface area contributed by atoms with E-state index in [1.165, 1.54) is 0 Å². The number of nitrogens with one attached hydrogen (secondary N) is 1. The quantitative estimate of drug-likeness (QED) is 0.945. The third kappa shape index (κ3) is 2.60. The maximum atomic E-state index is 12.1. The number of amides is 1. The molecule has 2 aromatic rings. The number of hydrogen-bond donors (Lipinski definition) is 1. The van der Waals surface area contributed by atoms with Crippen LogP contribution < -0.4 is 10.2 Å². The first-order valence-corrected chi connectivity index (χ1v) is 8.50. The monoisotopic (exact) mass is 321 g/mol. The third-order valence-electron chi connectivity index (χ3n) is 4.11. The van der Waals surface area contributed by atoms with E-state index in [-0.39, 0.29) is 11.8 Å². The van der Waals surface area contributed by atoms with Gasteiger partial charge in [-0.05, 0) is 31.4 Å². The van der Waals surface area contributed by atoms with E-state index in [1.54, 1.807) is 11.3 Å². The molecular formula is C15H16ClN3OS. The standard InChI is InChI=1S/C15H16ClN3OS/c16-11-2-1-3-12-13(11)18-15(21-12)19-7-6-9(8-19)14(20)17-10-4-5-10/h1-3,9-10H,4-8H2,(H,17,20). The SMILES string of the molecule is O=C(NC1CC1)C1CCN(c2nc3c(Cl)cccc3s2)C1. The van der Waals surface area contributed by atoms with Gasteiger partial charge < -0.3 is 10.2 Å². The molecule has 1 aliphatic heterocycles. The van der Waals surface area contributed by atoms with Crippen molar-refractivity contribution >= 4 is 44.2 Å². The first-order chi connectivity index (χ1) is 10.2. The number of anilines is 1. The fourth-order valence-electron chi connectivity index (χ4n) is 2.73. The summed E-state index contributed by atoms with van der Waals surface area (Å²) in [6.45, 7) is 1.65. The Kier molecular flexibility index (Phi) is 3.27. The summed E-state index contributed by atoms with van der Waals surface area (Å²) in [6, 6.07) is 6.29. The minimum atomic E-state index is 0.0908. The summed E-state index contributed by atoms with van der Waals surface area (Å²) in [5.41, 5.74) is 0.866. The van der Waals surface area contributed by atoms with Crippen molar-refractivity contribution in [3.05, 3.63) is 23.2 Å². The second-order valence-corrected chi connectivity index (χ2v) is 7.21. The molecule has 0 spiro atoms. The topological polar surface area (TPSA) is 45.2 Å². The van der Waals surface area contributed by atoms with E-state index >= 15 is 0 Å². The van der Waals surface area contributed by atoms with Gasteiger partial charge in [-0.3, -0.25) is 4.79 Å². The van der Waals surface area contributed by atoms with E-state index in [0.717, 1.165) is 47.7 Å². The van der Waals surface area contributed by atoms with Crippen LogP contribution in [-0.4, -0.2) is 30.0 Å². The van der Waals surface area contributed by atoms with Gasteiger partial charge in [0.2, 0.25) is 5.91 Å². The highest BCUT2D eigenvalue weighted by Crippen LogP contribution is 2.35. The summed E-state index contributed by atoms with van der Waals surface area (Å²) in [5.74, 6) is 0.298. The maximum Gasteiger partial charge on any atom is 0.225 e. The van der Waals surface area contributed by atoms with Gasteiger partial charge in [0.15, 0.2) is 5.13 Å². The molecule has 4 nitrogen and oxygen atoms in total. The largest absolute Gasteiger partial charge is 0.353 e. The van der Waals surface area contributed by atoms with Crippen LogP contribution in [0.2, 0.25) is 5.02 Å². The lowest BCUT2D eigenvalue weighted by Gasteiger charge is -2.14. The molecule has 1 aromatic carbocycles. The molecular weight excluding hydrogens is 306 g/mol. The Morgan fingerprint density at radius 2 is 2.24 bits per heavy atom. The molecule has 1 saturated heterocycles. The van der Waals surface area contributed by atoms with Gasteiger partial charge in [0.05, 0.1) is 15.6 Å². The highest BCUT2D eigenvalue weighted by atomic mass is 35.5. The molecule has 0 bridgehead atoms. The summed E-state index contributed by atoms with van der Waals surface area (Å²) in [6.07, 6.45) is 3.18. The Labute approximate surface area is 132 Å². The molecule has 0 radical (unpaired) electrons. The summed E-state index contributed by atoms with van der Waals surface area (Å²) in [4.78, 5) is 19.0. The first-order valence-electron chi connectivity index (χ1n) is 7.31. The van der Waals surface area contributed by atoms with Crippen LogP contribution >= 0.6 is 22.9 Å². The number of benzene rings is 1. The van der Waals surface area contributed by atoms with Crippen LogP contribution in [0.1, 0.15) is 19.3 Å². The number of hydrogen-bond acceptors (Lipinski definition) is 4. The molecule has 1 N–H and O–H groups in total. The Bertz CT molecular complexity index is 697. The number of aromatic nitrogens is 1. The number of nitrogens with zero attached hydrogens (tertiary/aromatic N) is 2. The Morgan fingerprint density at radius 3 is 3.00 bits per heavy atom. The van der Waals surface area contributed by atoms with Crippen molar-refractivity contribution in [1.29, 1.82) is 0 Å². The van der Waals surface area contributed by atoms with Crippen molar-refractivity contribution < 1.29 is 4.79 Å². The smallest absolute Gasteiger partial charge is 0.225 e. The minimum Gasteiger partial charge on any atom is -0.353 e. The molecule has 1 aliphatic carbocycles. The van der Waals surface area contributed by atoms with Gasteiger partial charge in [0.1, 0.15) is 5.52 Å². The lowest BCUT2D eigenvalue weighted by molar-refractivity contribution is -0.124. The normalized spacial score (nSPS) is 22.0. The van der Waals surface area contributed by atoms with Gasteiger partial charge in [-0.2, -0.15) is 0 Å². The number of rotatable bonds is 3. The Hall–Kier alpha value is -1.33. The third-order valence-corrected chi connectivity index (χ3v) is 5.50. The number of fused-ring (bicyclic) bond motifs is 1. The Morgan fingerprint density at radius 1 is 1.38 bits per heavy atom. The Balaban J connectivity index is 1.50. The van der Waals surface area contributed by atoms with Crippen LogP contribution in [-0.2, 0) is 4.79 Å². The van der Waals surface area contributed by atoms with Crippen LogP contribution in [0.15, 0.2) is 18.2 Å². The molecule has 2 heterocycles. The van der Waals surface area contributed by atoms with Crippen LogP contribution in [0.5, 0.6) is 0 Å². The fraction of sp³-hybridized carbons (Fsp3) is 0.467. The van der Waals surface area contributed by atoms with Gasteiger partial charge in [0.25, 0.3) is 0 Å². The molecule has 110 valence electrons. The molecule has 2 fully saturated rings. The van der Waals surface area contributed by atoms with E-state index in [2.05, 4.69) is 15.2 Å². The highest BCUT2D eigenvalue weighted by Gasteiger charge is 2.33. The van der Waals surface area contributed by atoms with Crippen molar-refractivity contribution in [2.45, 2.75) is 25.3 Å². The van der Waals surface area contributed by atoms with E-state index < -0.39 is 0 Å². The second kappa shape index (κ2) is 5.14. The molecule has 1 aromatic heterocycles. The lowest BCUT2D eigenvalue weighted by Crippen LogP contribution is -2.34. The van der Waals surface area contributed by atoms with Gasteiger partial charge >= 0.3 is 0 Å². The molecule has 6 heteroatoms. The molecule has 2 aliphatic rings. The molecule has 1 amide bonds. The molecule has 4 rings (SSSR count).